The fourth-order valence-electron chi connectivity index (χ4n) is 2.20. The molecule has 8 nitrogen and oxygen atoms in total. The summed E-state index contributed by atoms with van der Waals surface area (Å²) >= 11 is 0. The highest BCUT2D eigenvalue weighted by Gasteiger charge is 2.21. The topological polar surface area (TPSA) is 108 Å². The second-order valence-electron chi connectivity index (χ2n) is 4.12. The smallest absolute Gasteiger partial charge is 0.292 e. The molecule has 2 aromatic rings. The van der Waals surface area contributed by atoms with E-state index in [0.717, 1.165) is 25.9 Å². The van der Waals surface area contributed by atoms with Gasteiger partial charge in [0.1, 0.15) is 0 Å². The number of hydrogen-bond acceptors (Lipinski definition) is 5. The monoisotopic (exact) mass is 272 g/mol. The molecule has 3 heterocycles. The highest BCUT2D eigenvalue weighted by molar-refractivity contribution is 5.85. The predicted octanol–water partition coefficient (Wildman–Crippen LogP) is -0.846. The number of piperidine rings is 1. The van der Waals surface area contributed by atoms with Crippen molar-refractivity contribution in [3.63, 3.8) is 0 Å². The van der Waals surface area contributed by atoms with Gasteiger partial charge in [0.15, 0.2) is 11.0 Å². The normalized spacial score (nSPS) is 16.7. The molecular formula is C9H13ClN6O2. The number of hydrogen-bond donors (Lipinski definition) is 3. The van der Waals surface area contributed by atoms with E-state index in [1.807, 2.05) is 0 Å². The molecule has 0 spiro atoms. The molecule has 0 aromatic carbocycles. The van der Waals surface area contributed by atoms with Crippen molar-refractivity contribution in [2.45, 2.75) is 18.9 Å². The molecule has 1 aliphatic rings. The van der Waals surface area contributed by atoms with Gasteiger partial charge in [-0.05, 0) is 25.9 Å². The number of halogens is 1. The molecule has 0 bridgehead atoms. The summed E-state index contributed by atoms with van der Waals surface area (Å²) in [4.78, 5) is 23.2. The quantitative estimate of drug-likeness (QED) is 0.627. The lowest BCUT2D eigenvalue weighted by Crippen LogP contribution is -2.31. The first-order chi connectivity index (χ1) is 8.27. The lowest BCUT2D eigenvalue weighted by molar-refractivity contribution is 0.344. The van der Waals surface area contributed by atoms with Gasteiger partial charge in [0.2, 0.25) is 0 Å². The van der Waals surface area contributed by atoms with Crippen LogP contribution in [0.1, 0.15) is 18.9 Å². The van der Waals surface area contributed by atoms with Crippen molar-refractivity contribution in [3.05, 3.63) is 20.7 Å². The Balaban J connectivity index is 0.00000120. The summed E-state index contributed by atoms with van der Waals surface area (Å²) in [5, 5.41) is 15.5. The van der Waals surface area contributed by atoms with E-state index in [9.17, 15) is 9.59 Å². The lowest BCUT2D eigenvalue weighted by atomic mass is 10.1. The summed E-state index contributed by atoms with van der Waals surface area (Å²) in [6, 6.07) is 0.129. The Hall–Kier alpha value is -1.67. The van der Waals surface area contributed by atoms with Gasteiger partial charge < -0.3 is 5.32 Å². The number of nitrogens with one attached hydrogen (secondary N) is 3. The second-order valence-corrected chi connectivity index (χ2v) is 4.12. The van der Waals surface area contributed by atoms with Gasteiger partial charge in [0, 0.05) is 0 Å². The third-order valence-electron chi connectivity index (χ3n) is 3.07. The Labute approximate surface area is 107 Å². The van der Waals surface area contributed by atoms with Gasteiger partial charge in [-0.15, -0.1) is 17.5 Å². The summed E-state index contributed by atoms with van der Waals surface area (Å²) in [6.45, 7) is 1.76. The molecule has 98 valence electrons. The van der Waals surface area contributed by atoms with Crippen LogP contribution in [0.25, 0.3) is 11.0 Å². The lowest BCUT2D eigenvalue weighted by Gasteiger charge is -2.22. The van der Waals surface area contributed by atoms with Crippen LogP contribution < -0.4 is 16.4 Å². The van der Waals surface area contributed by atoms with Crippen LogP contribution >= 0.6 is 12.4 Å². The van der Waals surface area contributed by atoms with Crippen molar-refractivity contribution >= 4 is 23.4 Å². The molecule has 18 heavy (non-hydrogen) atoms. The summed E-state index contributed by atoms with van der Waals surface area (Å²) in [5.74, 6) is 0. The van der Waals surface area contributed by atoms with Crippen molar-refractivity contribution in [2.75, 3.05) is 13.1 Å². The third kappa shape index (κ3) is 1.93. The van der Waals surface area contributed by atoms with Gasteiger partial charge in [-0.25, -0.2) is 4.68 Å². The van der Waals surface area contributed by atoms with E-state index in [1.54, 1.807) is 4.68 Å². The Morgan fingerprint density at radius 2 is 1.78 bits per heavy atom. The minimum Gasteiger partial charge on any atom is -0.317 e. The van der Waals surface area contributed by atoms with Crippen LogP contribution in [0, 0.1) is 0 Å². The van der Waals surface area contributed by atoms with Gasteiger partial charge >= 0.3 is 0 Å². The molecule has 3 rings (SSSR count). The van der Waals surface area contributed by atoms with E-state index in [-0.39, 0.29) is 35.0 Å². The van der Waals surface area contributed by atoms with Gasteiger partial charge in [-0.3, -0.25) is 19.8 Å². The fraction of sp³-hybridized carbons (Fsp3) is 0.556. The average Bonchev–Trinajstić information content (AvgIpc) is 2.81. The highest BCUT2D eigenvalue weighted by atomic mass is 35.5. The Kier molecular flexibility index (Phi) is 3.48. The van der Waals surface area contributed by atoms with E-state index in [2.05, 4.69) is 25.8 Å². The molecule has 1 fully saturated rings. The van der Waals surface area contributed by atoms with Crippen molar-refractivity contribution in [2.24, 2.45) is 0 Å². The number of rotatable bonds is 1. The maximum atomic E-state index is 11.7. The molecule has 0 amide bonds. The zero-order valence-electron chi connectivity index (χ0n) is 9.47. The molecule has 0 unspecified atom stereocenters. The zero-order valence-corrected chi connectivity index (χ0v) is 10.3. The minimum absolute atomic E-state index is 0. The fourth-order valence-corrected chi connectivity index (χ4v) is 2.20. The maximum Gasteiger partial charge on any atom is 0.292 e. The molecule has 0 saturated carbocycles. The average molecular weight is 273 g/mol. The van der Waals surface area contributed by atoms with Gasteiger partial charge in [0.05, 0.1) is 6.04 Å². The van der Waals surface area contributed by atoms with Crippen molar-refractivity contribution in [3.8, 4) is 0 Å². The molecule has 3 N–H and O–H groups in total. The van der Waals surface area contributed by atoms with E-state index >= 15 is 0 Å². The van der Waals surface area contributed by atoms with Gasteiger partial charge in [-0.2, -0.15) is 0 Å². The van der Waals surface area contributed by atoms with Crippen molar-refractivity contribution < 1.29 is 0 Å². The third-order valence-corrected chi connectivity index (χ3v) is 3.07. The Bertz CT molecular complexity index is 653. The van der Waals surface area contributed by atoms with Crippen LogP contribution in [-0.4, -0.2) is 38.3 Å². The molecule has 1 saturated heterocycles. The van der Waals surface area contributed by atoms with Crippen LogP contribution in [-0.2, 0) is 0 Å². The summed E-state index contributed by atoms with van der Waals surface area (Å²) in [5.41, 5.74) is -0.407. The second kappa shape index (κ2) is 4.91. The maximum absolute atomic E-state index is 11.7. The Morgan fingerprint density at radius 1 is 1.11 bits per heavy atom. The molecule has 0 aliphatic carbocycles. The number of aromatic amines is 2. The van der Waals surface area contributed by atoms with Crippen LogP contribution in [0.5, 0.6) is 0 Å². The number of aromatic nitrogens is 5. The van der Waals surface area contributed by atoms with E-state index in [0.29, 0.717) is 0 Å². The zero-order chi connectivity index (χ0) is 11.8. The first-order valence-corrected chi connectivity index (χ1v) is 5.54. The molecular weight excluding hydrogens is 260 g/mol. The van der Waals surface area contributed by atoms with Crippen LogP contribution in [0.2, 0.25) is 0 Å². The molecule has 0 atom stereocenters. The van der Waals surface area contributed by atoms with Gasteiger partial charge in [-0.1, -0.05) is 5.21 Å². The van der Waals surface area contributed by atoms with Crippen molar-refractivity contribution in [1.29, 1.82) is 0 Å². The van der Waals surface area contributed by atoms with E-state index in [4.69, 9.17) is 0 Å². The standard InChI is InChI=1S/C9H12N6O2.ClH/c16-8-6-7(9(17)13-12-8)15(14-11-6)5-1-3-10-4-2-5;/h5,10H,1-4H2,(H,12,16)(H,13,17);1H. The molecule has 9 heteroatoms. The summed E-state index contributed by atoms with van der Waals surface area (Å²) in [6.07, 6.45) is 1.76. The first kappa shape index (κ1) is 12.8. The molecule has 1 aliphatic heterocycles. The largest absolute Gasteiger partial charge is 0.317 e. The minimum atomic E-state index is -0.417. The van der Waals surface area contributed by atoms with E-state index < -0.39 is 5.56 Å². The first-order valence-electron chi connectivity index (χ1n) is 5.54. The van der Waals surface area contributed by atoms with Crippen LogP contribution in [0.15, 0.2) is 9.59 Å². The number of nitrogens with zero attached hydrogens (tertiary/aromatic N) is 3. The number of fused-ring (bicyclic) bond motifs is 1. The number of H-pyrrole nitrogens is 2. The Morgan fingerprint density at radius 3 is 2.50 bits per heavy atom. The van der Waals surface area contributed by atoms with Gasteiger partial charge in [0.25, 0.3) is 11.1 Å². The SMILES string of the molecule is Cl.O=c1[nH][nH]c(=O)c2c1nnn2C1CCNCC1. The summed E-state index contributed by atoms with van der Waals surface area (Å²) in [7, 11) is 0. The predicted molar refractivity (Wildman–Crippen MR) is 67.2 cm³/mol. The molecule has 2 aromatic heterocycles. The van der Waals surface area contributed by atoms with Crippen LogP contribution in [0.4, 0.5) is 0 Å². The van der Waals surface area contributed by atoms with E-state index in [1.165, 1.54) is 0 Å². The molecule has 0 radical (unpaired) electrons. The van der Waals surface area contributed by atoms with Crippen molar-refractivity contribution in [1.82, 2.24) is 30.5 Å². The summed E-state index contributed by atoms with van der Waals surface area (Å²) < 4.78 is 1.57. The van der Waals surface area contributed by atoms with Crippen LogP contribution in [0.3, 0.4) is 0 Å². The highest BCUT2D eigenvalue weighted by Crippen LogP contribution is 2.19.